The highest BCUT2D eigenvalue weighted by atomic mass is 16.7. The molecule has 0 amide bonds. The molecular weight excluding hydrogens is 163 g/mol. The monoisotopic (exact) mass is 182 g/mol. The SMILES string of the molecule is CC/C=C\B1OC(C)(C)C(C)(C)O1. The predicted molar refractivity (Wildman–Crippen MR) is 55.5 cm³/mol. The average molecular weight is 182 g/mol. The molecule has 3 heteroatoms. The second kappa shape index (κ2) is 3.47. The highest BCUT2D eigenvalue weighted by Gasteiger charge is 2.49. The molecule has 13 heavy (non-hydrogen) atoms. The Kier molecular flexibility index (Phi) is 2.88. The minimum absolute atomic E-state index is 0.176. The minimum Gasteiger partial charge on any atom is -0.400 e. The Balaban J connectivity index is 2.65. The molecule has 1 fully saturated rings. The topological polar surface area (TPSA) is 18.5 Å². The summed E-state index contributed by atoms with van der Waals surface area (Å²) in [5.41, 5.74) is -0.425. The van der Waals surface area contributed by atoms with Crippen molar-refractivity contribution in [2.24, 2.45) is 0 Å². The van der Waals surface area contributed by atoms with Crippen LogP contribution in [-0.2, 0) is 9.31 Å². The third-order valence-electron chi connectivity index (χ3n) is 2.80. The van der Waals surface area contributed by atoms with E-state index >= 15 is 0 Å². The maximum atomic E-state index is 5.76. The fourth-order valence-electron chi connectivity index (χ4n) is 1.21. The van der Waals surface area contributed by atoms with Crippen LogP contribution in [0.3, 0.4) is 0 Å². The first-order valence-electron chi connectivity index (χ1n) is 4.91. The Morgan fingerprint density at radius 1 is 1.08 bits per heavy atom. The number of hydrogen-bond donors (Lipinski definition) is 0. The molecule has 0 aromatic carbocycles. The molecule has 0 radical (unpaired) electrons. The third-order valence-corrected chi connectivity index (χ3v) is 2.80. The standard InChI is InChI=1S/C10H19BO2/c1-6-7-8-11-12-9(2,3)10(4,5)13-11/h7-8H,6H2,1-5H3/b8-7-. The molecule has 1 heterocycles. The van der Waals surface area contributed by atoms with E-state index in [-0.39, 0.29) is 18.3 Å². The van der Waals surface area contributed by atoms with Crippen LogP contribution in [0.15, 0.2) is 12.1 Å². The van der Waals surface area contributed by atoms with Crippen molar-refractivity contribution in [1.82, 2.24) is 0 Å². The molecule has 74 valence electrons. The van der Waals surface area contributed by atoms with Gasteiger partial charge >= 0.3 is 7.12 Å². The van der Waals surface area contributed by atoms with Gasteiger partial charge in [0.15, 0.2) is 0 Å². The summed E-state index contributed by atoms with van der Waals surface area (Å²) in [5, 5.41) is 0. The molecule has 0 N–H and O–H groups in total. The summed E-state index contributed by atoms with van der Waals surface area (Å²) < 4.78 is 11.5. The van der Waals surface area contributed by atoms with Crippen molar-refractivity contribution in [3.05, 3.63) is 12.1 Å². The molecule has 0 aliphatic carbocycles. The van der Waals surface area contributed by atoms with Crippen molar-refractivity contribution in [1.29, 1.82) is 0 Å². The first-order valence-corrected chi connectivity index (χ1v) is 4.91. The van der Waals surface area contributed by atoms with Gasteiger partial charge in [0.05, 0.1) is 11.2 Å². The highest BCUT2D eigenvalue weighted by molar-refractivity contribution is 6.51. The van der Waals surface area contributed by atoms with E-state index in [1.165, 1.54) is 0 Å². The van der Waals surface area contributed by atoms with Gasteiger partial charge in [-0.25, -0.2) is 0 Å². The van der Waals surface area contributed by atoms with Crippen LogP contribution in [0.4, 0.5) is 0 Å². The largest absolute Gasteiger partial charge is 0.486 e. The summed E-state index contributed by atoms with van der Waals surface area (Å²) in [4.78, 5) is 0. The summed E-state index contributed by atoms with van der Waals surface area (Å²) in [5.74, 6) is 1.98. The van der Waals surface area contributed by atoms with Crippen molar-refractivity contribution in [3.8, 4) is 0 Å². The van der Waals surface area contributed by atoms with Crippen molar-refractivity contribution in [2.45, 2.75) is 52.2 Å². The second-order valence-corrected chi connectivity index (χ2v) is 4.46. The van der Waals surface area contributed by atoms with E-state index in [9.17, 15) is 0 Å². The van der Waals surface area contributed by atoms with Gasteiger partial charge in [0.25, 0.3) is 0 Å². The lowest BCUT2D eigenvalue weighted by Gasteiger charge is -2.32. The summed E-state index contributed by atoms with van der Waals surface area (Å²) >= 11 is 0. The summed E-state index contributed by atoms with van der Waals surface area (Å²) in [6.07, 6.45) is 3.09. The Morgan fingerprint density at radius 2 is 1.54 bits per heavy atom. The van der Waals surface area contributed by atoms with Crippen molar-refractivity contribution < 1.29 is 9.31 Å². The van der Waals surface area contributed by atoms with Crippen LogP contribution in [-0.4, -0.2) is 18.3 Å². The van der Waals surface area contributed by atoms with E-state index < -0.39 is 0 Å². The van der Waals surface area contributed by atoms with Crippen LogP contribution in [0.2, 0.25) is 0 Å². The van der Waals surface area contributed by atoms with E-state index in [4.69, 9.17) is 9.31 Å². The van der Waals surface area contributed by atoms with Gasteiger partial charge in [0.1, 0.15) is 0 Å². The van der Waals surface area contributed by atoms with E-state index in [1.807, 2.05) is 5.98 Å². The van der Waals surface area contributed by atoms with E-state index in [0.717, 1.165) is 6.42 Å². The quantitative estimate of drug-likeness (QED) is 0.611. The molecule has 1 aliphatic heterocycles. The van der Waals surface area contributed by atoms with E-state index in [2.05, 4.69) is 40.7 Å². The molecule has 0 bridgehead atoms. The van der Waals surface area contributed by atoms with Crippen LogP contribution in [0.5, 0.6) is 0 Å². The lowest BCUT2D eigenvalue weighted by molar-refractivity contribution is 0.00578. The predicted octanol–water partition coefficient (Wildman–Crippen LogP) is 2.58. The van der Waals surface area contributed by atoms with Crippen molar-refractivity contribution >= 4 is 7.12 Å². The Labute approximate surface area is 81.4 Å². The normalized spacial score (nSPS) is 25.8. The fraction of sp³-hybridized carbons (Fsp3) is 0.800. The Bertz CT molecular complexity index is 193. The lowest BCUT2D eigenvalue weighted by atomic mass is 9.90. The second-order valence-electron chi connectivity index (χ2n) is 4.46. The zero-order valence-corrected chi connectivity index (χ0v) is 9.26. The fourth-order valence-corrected chi connectivity index (χ4v) is 1.21. The Morgan fingerprint density at radius 3 is 1.92 bits per heavy atom. The van der Waals surface area contributed by atoms with Crippen LogP contribution >= 0.6 is 0 Å². The maximum absolute atomic E-state index is 5.76. The van der Waals surface area contributed by atoms with Crippen molar-refractivity contribution in [3.63, 3.8) is 0 Å². The first-order chi connectivity index (χ1) is 5.89. The maximum Gasteiger partial charge on any atom is 0.486 e. The van der Waals surface area contributed by atoms with Gasteiger partial charge in [0.2, 0.25) is 0 Å². The lowest BCUT2D eigenvalue weighted by Crippen LogP contribution is -2.41. The number of hydrogen-bond acceptors (Lipinski definition) is 2. The summed E-state index contributed by atoms with van der Waals surface area (Å²) in [7, 11) is -0.176. The molecule has 1 saturated heterocycles. The van der Waals surface area contributed by atoms with Crippen molar-refractivity contribution in [2.75, 3.05) is 0 Å². The van der Waals surface area contributed by atoms with Crippen LogP contribution < -0.4 is 0 Å². The van der Waals surface area contributed by atoms with Gasteiger partial charge in [-0.3, -0.25) is 0 Å². The van der Waals surface area contributed by atoms with Crippen LogP contribution in [0.1, 0.15) is 41.0 Å². The molecular formula is C10H19BO2. The molecule has 2 nitrogen and oxygen atoms in total. The van der Waals surface area contributed by atoms with Crippen LogP contribution in [0, 0.1) is 0 Å². The zero-order valence-electron chi connectivity index (χ0n) is 9.26. The molecule has 0 aromatic rings. The molecule has 0 saturated carbocycles. The molecule has 0 unspecified atom stereocenters. The average Bonchev–Trinajstić information content (AvgIpc) is 2.17. The van der Waals surface area contributed by atoms with E-state index in [1.54, 1.807) is 0 Å². The first kappa shape index (κ1) is 10.8. The minimum atomic E-state index is -0.213. The molecule has 1 rings (SSSR count). The van der Waals surface area contributed by atoms with Crippen LogP contribution in [0.25, 0.3) is 0 Å². The molecule has 0 aromatic heterocycles. The zero-order chi connectivity index (χ0) is 10.1. The smallest absolute Gasteiger partial charge is 0.400 e. The van der Waals surface area contributed by atoms with E-state index in [0.29, 0.717) is 0 Å². The van der Waals surface area contributed by atoms with Gasteiger partial charge in [-0.05, 0) is 34.1 Å². The van der Waals surface area contributed by atoms with Gasteiger partial charge in [-0.1, -0.05) is 19.0 Å². The Hall–Kier alpha value is -0.275. The summed E-state index contributed by atoms with van der Waals surface area (Å²) in [6.45, 7) is 10.3. The number of allylic oxidation sites excluding steroid dienone is 1. The third kappa shape index (κ3) is 2.15. The number of rotatable bonds is 2. The molecule has 1 aliphatic rings. The van der Waals surface area contributed by atoms with Gasteiger partial charge < -0.3 is 9.31 Å². The van der Waals surface area contributed by atoms with Gasteiger partial charge in [-0.15, -0.1) is 0 Å². The summed E-state index contributed by atoms with van der Waals surface area (Å²) in [6, 6.07) is 0. The van der Waals surface area contributed by atoms with Gasteiger partial charge in [0, 0.05) is 0 Å². The molecule has 0 atom stereocenters. The van der Waals surface area contributed by atoms with Gasteiger partial charge in [-0.2, -0.15) is 0 Å². The molecule has 0 spiro atoms. The highest BCUT2D eigenvalue weighted by Crippen LogP contribution is 2.36.